The van der Waals surface area contributed by atoms with Crippen LogP contribution in [-0.2, 0) is 12.8 Å². The van der Waals surface area contributed by atoms with Crippen LogP contribution in [0.2, 0.25) is 0 Å². The number of imidazole rings is 2. The molecule has 1 aromatic carbocycles. The summed E-state index contributed by atoms with van der Waals surface area (Å²) in [5, 5.41) is 9.76. The maximum absolute atomic E-state index is 14.7. The van der Waals surface area contributed by atoms with Crippen LogP contribution in [-0.4, -0.2) is 57.1 Å². The molecule has 33 heavy (non-hydrogen) atoms. The maximum Gasteiger partial charge on any atom is 0.351 e. The van der Waals surface area contributed by atoms with Crippen molar-refractivity contribution in [3.05, 3.63) is 48.1 Å². The average molecular weight is 450 g/mol. The number of hydrogen-bond donors (Lipinski definition) is 5. The van der Waals surface area contributed by atoms with Crippen molar-refractivity contribution in [2.24, 2.45) is 0 Å². The monoisotopic (exact) mass is 449 g/mol. The fourth-order valence-corrected chi connectivity index (χ4v) is 4.60. The van der Waals surface area contributed by atoms with Gasteiger partial charge in [0.05, 0.1) is 42.8 Å². The first-order valence-electron chi connectivity index (χ1n) is 11.3. The minimum absolute atomic E-state index is 0.253. The highest BCUT2D eigenvalue weighted by molar-refractivity contribution is 5.82. The molecule has 0 spiro atoms. The van der Waals surface area contributed by atoms with Crippen LogP contribution in [0.1, 0.15) is 17.8 Å². The second kappa shape index (κ2) is 8.32. The Labute approximate surface area is 189 Å². The van der Waals surface area contributed by atoms with Crippen LogP contribution in [0.5, 0.6) is 0 Å². The second-order valence-electron chi connectivity index (χ2n) is 8.50. The highest BCUT2D eigenvalue weighted by Gasteiger charge is 2.25. The summed E-state index contributed by atoms with van der Waals surface area (Å²) in [6.45, 7) is 3.45. The Morgan fingerprint density at radius 3 is 2.91 bits per heavy atom. The van der Waals surface area contributed by atoms with Crippen LogP contribution in [0, 0.1) is 5.82 Å². The van der Waals surface area contributed by atoms with Gasteiger partial charge in [0.1, 0.15) is 5.82 Å². The molecule has 2 aliphatic heterocycles. The van der Waals surface area contributed by atoms with Gasteiger partial charge in [0.15, 0.2) is 5.52 Å². The summed E-state index contributed by atoms with van der Waals surface area (Å²) in [5.41, 5.74) is 4.86. The number of anilines is 4. The van der Waals surface area contributed by atoms with Crippen LogP contribution in [0.15, 0.2) is 30.9 Å². The molecule has 5 heterocycles. The van der Waals surface area contributed by atoms with Crippen LogP contribution in [0.25, 0.3) is 11.2 Å². The smallest absolute Gasteiger partial charge is 0.351 e. The van der Waals surface area contributed by atoms with Gasteiger partial charge in [-0.1, -0.05) is 4.98 Å². The lowest BCUT2D eigenvalue weighted by Gasteiger charge is -2.18. The number of H-pyrrole nitrogens is 3. The van der Waals surface area contributed by atoms with Crippen molar-refractivity contribution in [3.8, 4) is 0 Å². The third-order valence-electron chi connectivity index (χ3n) is 6.34. The molecule has 11 heteroatoms. The Hall–Kier alpha value is -3.73. The Kier molecular flexibility index (Phi) is 5.02. The molecule has 0 saturated carbocycles. The Balaban J connectivity index is 1.25. The lowest BCUT2D eigenvalue weighted by atomic mass is 10.2. The first kappa shape index (κ1) is 19.9. The van der Waals surface area contributed by atoms with E-state index in [0.717, 1.165) is 62.5 Å². The average Bonchev–Trinajstić information content (AvgIpc) is 3.56. The summed E-state index contributed by atoms with van der Waals surface area (Å²) in [4.78, 5) is 25.5. The van der Waals surface area contributed by atoms with E-state index in [-0.39, 0.29) is 11.9 Å². The Morgan fingerprint density at radius 2 is 2.03 bits per heavy atom. The third-order valence-corrected chi connectivity index (χ3v) is 6.34. The van der Waals surface area contributed by atoms with Crippen LogP contribution in [0.4, 0.5) is 27.5 Å². The van der Waals surface area contributed by atoms with Crippen LogP contribution < -0.4 is 25.8 Å². The zero-order valence-electron chi connectivity index (χ0n) is 18.1. The fraction of sp³-hybridized carbons (Fsp3) is 0.364. The molecule has 170 valence electrons. The van der Waals surface area contributed by atoms with Gasteiger partial charge in [0.25, 0.3) is 0 Å². The number of hydrogen-bond acceptors (Lipinski definition) is 7. The number of fused-ring (bicyclic) bond motifs is 2. The highest BCUT2D eigenvalue weighted by atomic mass is 19.1. The van der Waals surface area contributed by atoms with Gasteiger partial charge in [-0.15, -0.1) is 0 Å². The Morgan fingerprint density at radius 1 is 1.12 bits per heavy atom. The van der Waals surface area contributed by atoms with E-state index in [4.69, 9.17) is 0 Å². The van der Waals surface area contributed by atoms with Gasteiger partial charge in [0, 0.05) is 37.2 Å². The quantitative estimate of drug-likeness (QED) is 0.315. The van der Waals surface area contributed by atoms with Gasteiger partial charge in [-0.05, 0) is 25.1 Å². The van der Waals surface area contributed by atoms with Crippen molar-refractivity contribution in [1.82, 2.24) is 30.2 Å². The molecule has 1 fully saturated rings. The van der Waals surface area contributed by atoms with E-state index in [1.54, 1.807) is 18.7 Å². The molecule has 0 amide bonds. The zero-order valence-corrected chi connectivity index (χ0v) is 18.1. The number of rotatable bonds is 5. The van der Waals surface area contributed by atoms with Gasteiger partial charge in [-0.3, -0.25) is 5.32 Å². The zero-order chi connectivity index (χ0) is 22.2. The van der Waals surface area contributed by atoms with Crippen molar-refractivity contribution in [1.29, 1.82) is 0 Å². The van der Waals surface area contributed by atoms with Crippen molar-refractivity contribution < 1.29 is 9.37 Å². The summed E-state index contributed by atoms with van der Waals surface area (Å²) in [5.74, 6) is 1.11. The molecule has 6 N–H and O–H groups in total. The number of aromatic amines is 3. The van der Waals surface area contributed by atoms with Crippen molar-refractivity contribution >= 4 is 34.3 Å². The largest absolute Gasteiger partial charge is 0.379 e. The number of nitrogens with zero attached hydrogens (tertiary/aromatic N) is 4. The van der Waals surface area contributed by atoms with Gasteiger partial charge in [0.2, 0.25) is 11.5 Å². The first-order valence-corrected chi connectivity index (χ1v) is 11.3. The van der Waals surface area contributed by atoms with E-state index >= 15 is 0 Å². The SMILES string of the molecule is Fc1cc(Nc2nc3nc[nH]c3c(N3CCc4nc[nH]c4CC3)[nH+]2)ccc1N[C@@H]1CCNC1. The van der Waals surface area contributed by atoms with E-state index in [9.17, 15) is 4.39 Å². The van der Waals surface area contributed by atoms with E-state index in [0.29, 0.717) is 23.0 Å². The predicted octanol–water partition coefficient (Wildman–Crippen LogP) is 1.76. The van der Waals surface area contributed by atoms with Gasteiger partial charge in [-0.25, -0.2) is 19.3 Å². The standard InChI is InChI=1S/C22H25FN10/c23-15-9-13(1-2-16(15)29-14-3-6-24-10-14)30-22-31-20-19(27-12-28-20)21(32-22)33-7-4-17-18(5-8-33)26-11-25-17/h1-2,9,11-12,14,24,29H,3-8,10H2,(H,25,26)(H2,27,28,30,31,32)/p+1/t14-/m1/s1. The fourth-order valence-electron chi connectivity index (χ4n) is 4.60. The number of halogens is 1. The molecule has 1 saturated heterocycles. The summed E-state index contributed by atoms with van der Waals surface area (Å²) >= 11 is 0. The predicted molar refractivity (Wildman–Crippen MR) is 123 cm³/mol. The minimum Gasteiger partial charge on any atom is -0.379 e. The van der Waals surface area contributed by atoms with Gasteiger partial charge >= 0.3 is 5.95 Å². The molecule has 0 aliphatic carbocycles. The molecule has 2 aliphatic rings. The Bertz CT molecular complexity index is 1250. The second-order valence-corrected chi connectivity index (χ2v) is 8.50. The van der Waals surface area contributed by atoms with E-state index in [1.165, 1.54) is 11.8 Å². The normalized spacial score (nSPS) is 18.3. The molecular formula is C22H26FN10+. The molecule has 0 radical (unpaired) electrons. The molecular weight excluding hydrogens is 423 g/mol. The van der Waals surface area contributed by atoms with E-state index in [2.05, 4.69) is 50.8 Å². The first-order chi connectivity index (χ1) is 16.2. The third kappa shape index (κ3) is 3.95. The summed E-state index contributed by atoms with van der Waals surface area (Å²) < 4.78 is 14.7. The molecule has 0 bridgehead atoms. The van der Waals surface area contributed by atoms with E-state index in [1.807, 2.05) is 6.07 Å². The molecule has 6 rings (SSSR count). The molecule has 0 unspecified atom stereocenters. The lowest BCUT2D eigenvalue weighted by molar-refractivity contribution is -0.348. The van der Waals surface area contributed by atoms with Crippen molar-refractivity contribution in [2.45, 2.75) is 25.3 Å². The molecule has 4 aromatic rings. The van der Waals surface area contributed by atoms with Gasteiger partial charge < -0.3 is 25.5 Å². The topological polar surface area (TPSA) is 124 Å². The van der Waals surface area contributed by atoms with Gasteiger partial charge in [-0.2, -0.15) is 0 Å². The minimum atomic E-state index is -0.297. The summed E-state index contributed by atoms with van der Waals surface area (Å²) in [7, 11) is 0. The maximum atomic E-state index is 14.7. The molecule has 1 atom stereocenters. The van der Waals surface area contributed by atoms with Crippen molar-refractivity contribution in [2.75, 3.05) is 41.7 Å². The molecule has 3 aromatic heterocycles. The summed E-state index contributed by atoms with van der Waals surface area (Å²) in [6, 6.07) is 5.35. The van der Waals surface area contributed by atoms with E-state index < -0.39 is 0 Å². The van der Waals surface area contributed by atoms with Crippen LogP contribution >= 0.6 is 0 Å². The number of nitrogens with one attached hydrogen (secondary N) is 6. The molecule has 10 nitrogen and oxygen atoms in total. The van der Waals surface area contributed by atoms with Crippen LogP contribution in [0.3, 0.4) is 0 Å². The number of benzene rings is 1. The number of aromatic nitrogens is 6. The lowest BCUT2D eigenvalue weighted by Crippen LogP contribution is -2.33. The van der Waals surface area contributed by atoms with Crippen molar-refractivity contribution in [3.63, 3.8) is 0 Å². The highest BCUT2D eigenvalue weighted by Crippen LogP contribution is 2.25. The summed E-state index contributed by atoms with van der Waals surface area (Å²) in [6.07, 6.45) is 6.11.